The van der Waals surface area contributed by atoms with Gasteiger partial charge in [-0.2, -0.15) is 5.10 Å². The topological polar surface area (TPSA) is 15.6 Å². The van der Waals surface area contributed by atoms with Crippen LogP contribution >= 0.6 is 0 Å². The number of aryl methyl sites for hydroxylation is 1. The summed E-state index contributed by atoms with van der Waals surface area (Å²) in [6.45, 7) is 4.17. The molecule has 0 aliphatic rings. The maximum Gasteiger partial charge on any atom is 0.0646 e. The molecular formula is C17H20N2. The van der Waals surface area contributed by atoms with Crippen molar-refractivity contribution in [2.75, 3.05) is 14.1 Å². The van der Waals surface area contributed by atoms with E-state index in [2.05, 4.69) is 60.6 Å². The van der Waals surface area contributed by atoms with Crippen LogP contribution in [0.4, 0.5) is 0 Å². The van der Waals surface area contributed by atoms with Crippen molar-refractivity contribution < 1.29 is 0 Å². The second kappa shape index (κ2) is 5.70. The summed E-state index contributed by atoms with van der Waals surface area (Å²) in [5.74, 6) is 0. The zero-order chi connectivity index (χ0) is 13.8. The highest BCUT2D eigenvalue weighted by molar-refractivity contribution is 5.98. The minimum Gasteiger partial charge on any atom is -0.303 e. The van der Waals surface area contributed by atoms with Crippen molar-refractivity contribution in [2.45, 2.75) is 13.8 Å². The molecule has 2 aromatic rings. The third-order valence-corrected chi connectivity index (χ3v) is 3.11. The minimum atomic E-state index is 1.03. The molecular weight excluding hydrogens is 232 g/mol. The number of nitrogens with zero attached hydrogens (tertiary/aromatic N) is 2. The summed E-state index contributed by atoms with van der Waals surface area (Å²) in [5, 5.41) is 6.24. The van der Waals surface area contributed by atoms with Crippen LogP contribution in [0.3, 0.4) is 0 Å². The highest BCUT2D eigenvalue weighted by Crippen LogP contribution is 2.23. The molecule has 2 nitrogen and oxygen atoms in total. The maximum absolute atomic E-state index is 4.42. The lowest BCUT2D eigenvalue weighted by Gasteiger charge is -2.09. The fraction of sp³-hybridized carbons (Fsp3) is 0.235. The first-order valence-corrected chi connectivity index (χ1v) is 6.47. The van der Waals surface area contributed by atoms with Gasteiger partial charge in [0.05, 0.1) is 5.71 Å². The summed E-state index contributed by atoms with van der Waals surface area (Å²) in [4.78, 5) is 0. The number of hydrazone groups is 1. The van der Waals surface area contributed by atoms with E-state index in [0.717, 1.165) is 11.3 Å². The molecule has 0 radical (unpaired) electrons. The van der Waals surface area contributed by atoms with Crippen molar-refractivity contribution >= 4 is 5.71 Å². The zero-order valence-electron chi connectivity index (χ0n) is 12.0. The van der Waals surface area contributed by atoms with Crippen LogP contribution in [0.2, 0.25) is 0 Å². The fourth-order valence-electron chi connectivity index (χ4n) is 2.15. The van der Waals surface area contributed by atoms with Gasteiger partial charge in [0.2, 0.25) is 0 Å². The Morgan fingerprint density at radius 1 is 0.947 bits per heavy atom. The largest absolute Gasteiger partial charge is 0.303 e. The lowest BCUT2D eigenvalue weighted by molar-refractivity contribution is 0.438. The fourth-order valence-corrected chi connectivity index (χ4v) is 2.15. The Kier molecular flexibility index (Phi) is 4.00. The number of benzene rings is 2. The standard InChI is InChI=1S/C17H20N2/c1-13-7-5-6-8-17(13)16-11-9-15(10-12-16)14(2)18-19(3)4/h5-12H,1-4H3/b18-14+. The monoisotopic (exact) mass is 252 g/mol. The van der Waals surface area contributed by atoms with E-state index >= 15 is 0 Å². The predicted molar refractivity (Wildman–Crippen MR) is 82.5 cm³/mol. The van der Waals surface area contributed by atoms with Crippen molar-refractivity contribution in [3.63, 3.8) is 0 Å². The van der Waals surface area contributed by atoms with Gasteiger partial charge in [-0.15, -0.1) is 0 Å². The Balaban J connectivity index is 2.32. The molecule has 0 aromatic heterocycles. The second-order valence-corrected chi connectivity index (χ2v) is 4.92. The first-order valence-electron chi connectivity index (χ1n) is 6.47. The molecule has 0 aliphatic carbocycles. The van der Waals surface area contributed by atoms with Gasteiger partial charge in [-0.05, 0) is 36.1 Å². The molecule has 0 spiro atoms. The highest BCUT2D eigenvalue weighted by Gasteiger charge is 2.02. The van der Waals surface area contributed by atoms with E-state index in [-0.39, 0.29) is 0 Å². The van der Waals surface area contributed by atoms with Crippen LogP contribution in [0.15, 0.2) is 53.6 Å². The molecule has 98 valence electrons. The number of hydrogen-bond acceptors (Lipinski definition) is 2. The lowest BCUT2D eigenvalue weighted by atomic mass is 9.99. The van der Waals surface area contributed by atoms with E-state index in [4.69, 9.17) is 0 Å². The van der Waals surface area contributed by atoms with Gasteiger partial charge in [-0.3, -0.25) is 0 Å². The van der Waals surface area contributed by atoms with Crippen molar-refractivity contribution in [3.8, 4) is 11.1 Å². The van der Waals surface area contributed by atoms with Crippen molar-refractivity contribution in [2.24, 2.45) is 5.10 Å². The Hall–Kier alpha value is -2.09. The first kappa shape index (κ1) is 13.3. The van der Waals surface area contributed by atoms with Crippen molar-refractivity contribution in [1.82, 2.24) is 5.01 Å². The van der Waals surface area contributed by atoms with Crippen molar-refractivity contribution in [3.05, 3.63) is 59.7 Å². The summed E-state index contributed by atoms with van der Waals surface area (Å²) in [7, 11) is 3.87. The van der Waals surface area contributed by atoms with E-state index < -0.39 is 0 Å². The minimum absolute atomic E-state index is 1.03. The molecule has 2 aromatic carbocycles. The van der Waals surface area contributed by atoms with Gasteiger partial charge >= 0.3 is 0 Å². The molecule has 0 unspecified atom stereocenters. The molecule has 0 aliphatic heterocycles. The summed E-state index contributed by atoms with van der Waals surface area (Å²) in [6, 6.07) is 17.0. The van der Waals surface area contributed by atoms with Crippen LogP contribution in [0.25, 0.3) is 11.1 Å². The van der Waals surface area contributed by atoms with Gasteiger partial charge < -0.3 is 5.01 Å². The van der Waals surface area contributed by atoms with E-state index in [0.29, 0.717) is 0 Å². The van der Waals surface area contributed by atoms with Crippen LogP contribution in [-0.4, -0.2) is 24.8 Å². The van der Waals surface area contributed by atoms with E-state index in [1.807, 2.05) is 26.0 Å². The first-order chi connectivity index (χ1) is 9.08. The van der Waals surface area contributed by atoms with Gasteiger partial charge in [0.1, 0.15) is 0 Å². The quantitative estimate of drug-likeness (QED) is 0.596. The summed E-state index contributed by atoms with van der Waals surface area (Å²) < 4.78 is 0. The molecule has 0 atom stereocenters. The molecule has 0 amide bonds. The SMILES string of the molecule is C/C(=N\N(C)C)c1ccc(-c2ccccc2C)cc1. The van der Waals surface area contributed by atoms with Crippen LogP contribution in [0, 0.1) is 6.92 Å². The highest BCUT2D eigenvalue weighted by atomic mass is 15.4. The molecule has 0 saturated carbocycles. The van der Waals surface area contributed by atoms with Gasteiger partial charge in [0.15, 0.2) is 0 Å². The van der Waals surface area contributed by atoms with Crippen molar-refractivity contribution in [1.29, 1.82) is 0 Å². The van der Waals surface area contributed by atoms with E-state index in [1.165, 1.54) is 16.7 Å². The Morgan fingerprint density at radius 3 is 2.16 bits per heavy atom. The summed E-state index contributed by atoms with van der Waals surface area (Å²) in [6.07, 6.45) is 0. The molecule has 2 rings (SSSR count). The van der Waals surface area contributed by atoms with Crippen LogP contribution in [-0.2, 0) is 0 Å². The van der Waals surface area contributed by atoms with Gasteiger partial charge in [0.25, 0.3) is 0 Å². The lowest BCUT2D eigenvalue weighted by Crippen LogP contribution is -2.07. The molecule has 0 bridgehead atoms. The molecule has 0 heterocycles. The average molecular weight is 252 g/mol. The van der Waals surface area contributed by atoms with E-state index in [1.54, 1.807) is 0 Å². The third kappa shape index (κ3) is 3.22. The molecule has 2 heteroatoms. The van der Waals surface area contributed by atoms with Gasteiger partial charge in [0, 0.05) is 14.1 Å². The second-order valence-electron chi connectivity index (χ2n) is 4.92. The normalized spacial score (nSPS) is 11.5. The Labute approximate surface area is 115 Å². The molecule has 0 N–H and O–H groups in total. The van der Waals surface area contributed by atoms with Crippen LogP contribution < -0.4 is 0 Å². The predicted octanol–water partition coefficient (Wildman–Crippen LogP) is 3.95. The molecule has 0 saturated heterocycles. The van der Waals surface area contributed by atoms with Crippen LogP contribution in [0.5, 0.6) is 0 Å². The molecule has 0 fully saturated rings. The maximum atomic E-state index is 4.42. The molecule has 19 heavy (non-hydrogen) atoms. The van der Waals surface area contributed by atoms with Gasteiger partial charge in [-0.1, -0.05) is 48.5 Å². The van der Waals surface area contributed by atoms with E-state index in [9.17, 15) is 0 Å². The smallest absolute Gasteiger partial charge is 0.0646 e. The Morgan fingerprint density at radius 2 is 1.58 bits per heavy atom. The number of rotatable bonds is 3. The van der Waals surface area contributed by atoms with Gasteiger partial charge in [-0.25, -0.2) is 0 Å². The average Bonchev–Trinajstić information content (AvgIpc) is 2.39. The summed E-state index contributed by atoms with van der Waals surface area (Å²) >= 11 is 0. The zero-order valence-corrected chi connectivity index (χ0v) is 12.0. The third-order valence-electron chi connectivity index (χ3n) is 3.11. The summed E-state index contributed by atoms with van der Waals surface area (Å²) in [5.41, 5.74) is 6.03. The number of hydrogen-bond donors (Lipinski definition) is 0. The van der Waals surface area contributed by atoms with Crippen LogP contribution in [0.1, 0.15) is 18.1 Å². The Bertz CT molecular complexity index is 580.